The van der Waals surface area contributed by atoms with E-state index in [0.717, 1.165) is 5.56 Å². The van der Waals surface area contributed by atoms with Gasteiger partial charge in [-0.2, -0.15) is 5.26 Å². The van der Waals surface area contributed by atoms with Gasteiger partial charge >= 0.3 is 5.97 Å². The van der Waals surface area contributed by atoms with Gasteiger partial charge in [0.1, 0.15) is 5.69 Å². The first-order valence-electron chi connectivity index (χ1n) is 6.07. The molecule has 1 aromatic heterocycles. The fourth-order valence-corrected chi connectivity index (χ4v) is 1.69. The van der Waals surface area contributed by atoms with Crippen LogP contribution in [0.5, 0.6) is 0 Å². The number of carboxylic acid groups (broad SMARTS) is 1. The second-order valence-electron chi connectivity index (χ2n) is 4.22. The van der Waals surface area contributed by atoms with Gasteiger partial charge in [0.05, 0.1) is 12.5 Å². The highest BCUT2D eigenvalue weighted by Crippen LogP contribution is 2.12. The van der Waals surface area contributed by atoms with Gasteiger partial charge in [-0.25, -0.2) is 9.78 Å². The number of nitrogens with one attached hydrogen (secondary N) is 1. The molecule has 1 aromatic carbocycles. The fourth-order valence-electron chi connectivity index (χ4n) is 1.69. The van der Waals surface area contributed by atoms with Crippen molar-refractivity contribution in [2.75, 3.05) is 5.32 Å². The van der Waals surface area contributed by atoms with Crippen molar-refractivity contribution in [3.63, 3.8) is 0 Å². The summed E-state index contributed by atoms with van der Waals surface area (Å²) in [6.07, 6.45) is 1.58. The standard InChI is InChI=1S/C15H11N3O3/c16-7-5-10-1-3-12(4-2-10)18-14(19)11-6-8-17-13(9-11)15(20)21/h1-4,6,8-9H,5H2,(H,18,19)(H,20,21). The Morgan fingerprint density at radius 1 is 1.24 bits per heavy atom. The molecule has 0 saturated carbocycles. The van der Waals surface area contributed by atoms with Crippen LogP contribution in [0.15, 0.2) is 42.6 Å². The number of hydrogen-bond donors (Lipinski definition) is 2. The number of carbonyl (C=O) groups is 2. The monoisotopic (exact) mass is 281 g/mol. The third kappa shape index (κ3) is 3.64. The number of nitriles is 1. The Labute approximate surface area is 120 Å². The van der Waals surface area contributed by atoms with Crippen molar-refractivity contribution in [2.24, 2.45) is 0 Å². The zero-order valence-electron chi connectivity index (χ0n) is 10.9. The first-order chi connectivity index (χ1) is 10.1. The number of carbonyl (C=O) groups excluding carboxylic acids is 1. The molecule has 1 heterocycles. The SMILES string of the molecule is N#CCc1ccc(NC(=O)c2ccnc(C(=O)O)c2)cc1. The Morgan fingerprint density at radius 3 is 2.57 bits per heavy atom. The zero-order valence-corrected chi connectivity index (χ0v) is 10.9. The molecular formula is C15H11N3O3. The minimum atomic E-state index is -1.19. The molecule has 104 valence electrons. The molecule has 2 rings (SSSR count). The predicted molar refractivity (Wildman–Crippen MR) is 74.9 cm³/mol. The van der Waals surface area contributed by atoms with Crippen molar-refractivity contribution in [1.29, 1.82) is 5.26 Å². The summed E-state index contributed by atoms with van der Waals surface area (Å²) in [4.78, 5) is 26.5. The topological polar surface area (TPSA) is 103 Å². The van der Waals surface area contributed by atoms with Crippen molar-refractivity contribution in [3.05, 3.63) is 59.4 Å². The summed E-state index contributed by atoms with van der Waals surface area (Å²) < 4.78 is 0. The number of benzene rings is 1. The van der Waals surface area contributed by atoms with Gasteiger partial charge in [0.15, 0.2) is 0 Å². The lowest BCUT2D eigenvalue weighted by atomic mass is 10.1. The van der Waals surface area contributed by atoms with Crippen LogP contribution in [-0.2, 0) is 6.42 Å². The smallest absolute Gasteiger partial charge is 0.354 e. The molecule has 1 amide bonds. The van der Waals surface area contributed by atoms with Gasteiger partial charge < -0.3 is 10.4 Å². The van der Waals surface area contributed by atoms with Gasteiger partial charge in [-0.1, -0.05) is 12.1 Å². The number of pyridine rings is 1. The lowest BCUT2D eigenvalue weighted by molar-refractivity contribution is 0.0690. The molecule has 0 saturated heterocycles. The summed E-state index contributed by atoms with van der Waals surface area (Å²) >= 11 is 0. The number of rotatable bonds is 4. The average Bonchev–Trinajstić information content (AvgIpc) is 2.49. The number of anilines is 1. The minimum Gasteiger partial charge on any atom is -0.477 e. The Balaban J connectivity index is 2.12. The van der Waals surface area contributed by atoms with Crippen LogP contribution in [0, 0.1) is 11.3 Å². The second-order valence-corrected chi connectivity index (χ2v) is 4.22. The Morgan fingerprint density at radius 2 is 1.95 bits per heavy atom. The van der Waals surface area contributed by atoms with Gasteiger partial charge in [0.2, 0.25) is 0 Å². The van der Waals surface area contributed by atoms with Crippen molar-refractivity contribution < 1.29 is 14.7 Å². The predicted octanol–water partition coefficient (Wildman–Crippen LogP) is 2.10. The molecule has 2 N–H and O–H groups in total. The van der Waals surface area contributed by atoms with Crippen LogP contribution in [0.1, 0.15) is 26.4 Å². The molecule has 0 unspecified atom stereocenters. The first-order valence-corrected chi connectivity index (χ1v) is 6.07. The molecule has 0 aliphatic rings. The zero-order chi connectivity index (χ0) is 15.2. The van der Waals surface area contributed by atoms with E-state index in [1.165, 1.54) is 18.3 Å². The van der Waals surface area contributed by atoms with E-state index in [-0.39, 0.29) is 11.3 Å². The van der Waals surface area contributed by atoms with E-state index in [1.807, 2.05) is 6.07 Å². The Hall–Kier alpha value is -3.20. The van der Waals surface area contributed by atoms with Gasteiger partial charge in [0.25, 0.3) is 5.91 Å². The van der Waals surface area contributed by atoms with Crippen LogP contribution in [-0.4, -0.2) is 22.0 Å². The van der Waals surface area contributed by atoms with Crippen LogP contribution in [0.4, 0.5) is 5.69 Å². The third-order valence-corrected chi connectivity index (χ3v) is 2.74. The van der Waals surface area contributed by atoms with Crippen molar-refractivity contribution in [3.8, 4) is 6.07 Å². The van der Waals surface area contributed by atoms with E-state index >= 15 is 0 Å². The molecule has 2 aromatic rings. The van der Waals surface area contributed by atoms with Gasteiger partial charge in [-0.05, 0) is 29.8 Å². The molecule has 21 heavy (non-hydrogen) atoms. The summed E-state index contributed by atoms with van der Waals surface area (Å²) in [5.74, 6) is -1.61. The first kappa shape index (κ1) is 14.2. The normalized spacial score (nSPS) is 9.67. The summed E-state index contributed by atoms with van der Waals surface area (Å²) in [5, 5.41) is 20.1. The highest BCUT2D eigenvalue weighted by Gasteiger charge is 2.10. The van der Waals surface area contributed by atoms with E-state index in [9.17, 15) is 9.59 Å². The third-order valence-electron chi connectivity index (χ3n) is 2.74. The van der Waals surface area contributed by atoms with E-state index in [0.29, 0.717) is 12.1 Å². The highest BCUT2D eigenvalue weighted by molar-refractivity contribution is 6.05. The minimum absolute atomic E-state index is 0.188. The molecule has 0 atom stereocenters. The van der Waals surface area contributed by atoms with E-state index in [2.05, 4.69) is 10.3 Å². The lowest BCUT2D eigenvalue weighted by Gasteiger charge is -2.06. The molecule has 6 nitrogen and oxygen atoms in total. The van der Waals surface area contributed by atoms with Crippen molar-refractivity contribution in [2.45, 2.75) is 6.42 Å². The van der Waals surface area contributed by atoms with Gasteiger partial charge in [-0.15, -0.1) is 0 Å². The maximum absolute atomic E-state index is 12.0. The molecule has 0 aliphatic heterocycles. The van der Waals surface area contributed by atoms with Crippen LogP contribution < -0.4 is 5.32 Å². The lowest BCUT2D eigenvalue weighted by Crippen LogP contribution is -2.13. The summed E-state index contributed by atoms with van der Waals surface area (Å²) in [7, 11) is 0. The fraction of sp³-hybridized carbons (Fsp3) is 0.0667. The molecular weight excluding hydrogens is 270 g/mol. The molecule has 0 fully saturated rings. The number of nitrogens with zero attached hydrogens (tertiary/aromatic N) is 2. The van der Waals surface area contributed by atoms with Crippen LogP contribution in [0.25, 0.3) is 0 Å². The Bertz CT molecular complexity index is 718. The summed E-state index contributed by atoms with van der Waals surface area (Å²) in [5.41, 5.74) is 1.44. The number of hydrogen-bond acceptors (Lipinski definition) is 4. The summed E-state index contributed by atoms with van der Waals surface area (Å²) in [6, 6.07) is 11.5. The number of aromatic nitrogens is 1. The second kappa shape index (κ2) is 6.30. The van der Waals surface area contributed by atoms with Crippen LogP contribution in [0.2, 0.25) is 0 Å². The van der Waals surface area contributed by atoms with E-state index in [1.54, 1.807) is 24.3 Å². The van der Waals surface area contributed by atoms with E-state index < -0.39 is 11.9 Å². The number of aromatic carboxylic acids is 1. The quantitative estimate of drug-likeness (QED) is 0.893. The number of amides is 1. The highest BCUT2D eigenvalue weighted by atomic mass is 16.4. The van der Waals surface area contributed by atoms with Gasteiger partial charge in [-0.3, -0.25) is 4.79 Å². The Kier molecular flexibility index (Phi) is 4.26. The van der Waals surface area contributed by atoms with E-state index in [4.69, 9.17) is 10.4 Å². The van der Waals surface area contributed by atoms with Crippen molar-refractivity contribution in [1.82, 2.24) is 4.98 Å². The molecule has 0 bridgehead atoms. The van der Waals surface area contributed by atoms with Gasteiger partial charge in [0, 0.05) is 17.4 Å². The number of carboxylic acids is 1. The summed E-state index contributed by atoms with van der Waals surface area (Å²) in [6.45, 7) is 0. The molecule has 0 radical (unpaired) electrons. The van der Waals surface area contributed by atoms with Crippen LogP contribution >= 0.6 is 0 Å². The van der Waals surface area contributed by atoms with Crippen molar-refractivity contribution >= 4 is 17.6 Å². The maximum atomic E-state index is 12.0. The maximum Gasteiger partial charge on any atom is 0.354 e. The van der Waals surface area contributed by atoms with Crippen LogP contribution in [0.3, 0.4) is 0 Å². The molecule has 0 aliphatic carbocycles. The molecule has 0 spiro atoms. The largest absolute Gasteiger partial charge is 0.477 e. The average molecular weight is 281 g/mol. The molecule has 6 heteroatoms.